The van der Waals surface area contributed by atoms with Crippen molar-refractivity contribution < 1.29 is 22.8 Å². The van der Waals surface area contributed by atoms with Crippen LogP contribution in [0, 0.1) is 12.3 Å². The molecule has 0 unspecified atom stereocenters. The lowest BCUT2D eigenvalue weighted by Crippen LogP contribution is -2.26. The number of aliphatic hydroxyl groups is 1. The van der Waals surface area contributed by atoms with E-state index in [1.807, 2.05) is 13.8 Å². The Morgan fingerprint density at radius 3 is 2.50 bits per heavy atom. The lowest BCUT2D eigenvalue weighted by atomic mass is 9.77. The van der Waals surface area contributed by atoms with Crippen LogP contribution in [0.25, 0.3) is 0 Å². The number of aliphatic imine (C=N–C) groups is 1. The summed E-state index contributed by atoms with van der Waals surface area (Å²) < 4.78 is 31.9. The summed E-state index contributed by atoms with van der Waals surface area (Å²) in [6.07, 6.45) is 2.07. The summed E-state index contributed by atoms with van der Waals surface area (Å²) in [5.41, 5.74) is 0.373. The van der Waals surface area contributed by atoms with Crippen molar-refractivity contribution in [2.24, 2.45) is 10.4 Å². The van der Waals surface area contributed by atoms with Crippen LogP contribution in [0.1, 0.15) is 32.4 Å². The van der Waals surface area contributed by atoms with Gasteiger partial charge in [0.15, 0.2) is 11.6 Å². The first-order chi connectivity index (χ1) is 13.1. The molecule has 0 bridgehead atoms. The molecule has 0 saturated heterocycles. The number of benzene rings is 1. The Morgan fingerprint density at radius 1 is 1.25 bits per heavy atom. The quantitative estimate of drug-likeness (QED) is 0.734. The number of carbonyl (C=O) groups excluding carboxylic acids is 1. The smallest absolute Gasteiger partial charge is 0.263 e. The molecule has 1 aromatic carbocycles. The molecule has 1 heterocycles. The predicted molar refractivity (Wildman–Crippen MR) is 104 cm³/mol. The van der Waals surface area contributed by atoms with Gasteiger partial charge in [0.05, 0.1) is 16.2 Å². The second-order valence-electron chi connectivity index (χ2n) is 7.48. The van der Waals surface area contributed by atoms with Crippen LogP contribution >= 0.6 is 0 Å². The number of nitrogens with one attached hydrogen (secondary N) is 1. The molecule has 0 amide bonds. The van der Waals surface area contributed by atoms with E-state index in [0.717, 1.165) is 0 Å². The van der Waals surface area contributed by atoms with E-state index in [2.05, 4.69) is 14.9 Å². The fourth-order valence-electron chi connectivity index (χ4n) is 2.91. The standard InChI is InChI=1S/C19H21N3O5S/c1-12-8-18(21-27-12)22-28(25,26)14-6-4-13(5-7-14)20-11-15-16(23)9-19(2,3)10-17(15)24/h4-8,11,23H,9-10H2,1-3H3,(H,21,22). The molecule has 0 atom stereocenters. The minimum absolute atomic E-state index is 0.0244. The maximum atomic E-state index is 12.4. The maximum absolute atomic E-state index is 12.4. The minimum atomic E-state index is -3.81. The lowest BCUT2D eigenvalue weighted by molar-refractivity contribution is -0.117. The van der Waals surface area contributed by atoms with Crippen molar-refractivity contribution >= 4 is 33.5 Å². The van der Waals surface area contributed by atoms with Crippen molar-refractivity contribution in [2.45, 2.75) is 38.5 Å². The number of hydrogen-bond donors (Lipinski definition) is 2. The van der Waals surface area contributed by atoms with Crippen LogP contribution in [0.3, 0.4) is 0 Å². The average Bonchev–Trinajstić information content (AvgIpc) is 2.97. The van der Waals surface area contributed by atoms with Gasteiger partial charge in [0.2, 0.25) is 0 Å². The Morgan fingerprint density at radius 2 is 1.93 bits per heavy atom. The summed E-state index contributed by atoms with van der Waals surface area (Å²) in [6, 6.07) is 7.27. The molecule has 3 rings (SSSR count). The Bertz CT molecular complexity index is 1060. The first kappa shape index (κ1) is 19.8. The molecule has 2 N–H and O–H groups in total. The monoisotopic (exact) mass is 403 g/mol. The average molecular weight is 403 g/mol. The Labute approximate surface area is 163 Å². The zero-order valence-corrected chi connectivity index (χ0v) is 16.6. The first-order valence-corrected chi connectivity index (χ1v) is 10.1. The predicted octanol–water partition coefficient (Wildman–Crippen LogP) is 3.69. The van der Waals surface area contributed by atoms with E-state index in [-0.39, 0.29) is 33.2 Å². The molecule has 0 aliphatic heterocycles. The normalized spacial score (nSPS) is 17.3. The van der Waals surface area contributed by atoms with Crippen molar-refractivity contribution in [2.75, 3.05) is 4.72 Å². The molecule has 2 aromatic rings. The van der Waals surface area contributed by atoms with E-state index in [9.17, 15) is 18.3 Å². The molecule has 1 aliphatic carbocycles. The fraction of sp³-hybridized carbons (Fsp3) is 0.316. The number of aliphatic hydroxyl groups excluding tert-OH is 1. The molecular formula is C19H21N3O5S. The van der Waals surface area contributed by atoms with Crippen LogP contribution in [0.2, 0.25) is 0 Å². The second kappa shape index (κ2) is 7.23. The molecule has 0 spiro atoms. The van der Waals surface area contributed by atoms with Gasteiger partial charge in [0.25, 0.3) is 10.0 Å². The van der Waals surface area contributed by atoms with Crippen LogP contribution in [-0.2, 0) is 14.8 Å². The Hall–Kier alpha value is -2.94. The van der Waals surface area contributed by atoms with Gasteiger partial charge in [-0.2, -0.15) is 0 Å². The molecule has 0 radical (unpaired) electrons. The third kappa shape index (κ3) is 4.48. The molecule has 9 heteroatoms. The van der Waals surface area contributed by atoms with Crippen molar-refractivity contribution in [3.05, 3.63) is 47.4 Å². The van der Waals surface area contributed by atoms with Crippen LogP contribution in [-0.4, -0.2) is 30.7 Å². The van der Waals surface area contributed by atoms with Gasteiger partial charge in [-0.25, -0.2) is 8.42 Å². The van der Waals surface area contributed by atoms with Crippen molar-refractivity contribution in [1.29, 1.82) is 0 Å². The number of nitrogens with zero attached hydrogens (tertiary/aromatic N) is 2. The number of Topliss-reactive ketones (excluding diaryl/α,β-unsaturated/α-hetero) is 1. The molecular weight excluding hydrogens is 382 g/mol. The zero-order chi connectivity index (χ0) is 20.5. The third-order valence-electron chi connectivity index (χ3n) is 4.25. The number of rotatable bonds is 5. The van der Waals surface area contributed by atoms with Crippen LogP contribution in [0.4, 0.5) is 11.5 Å². The number of carbonyl (C=O) groups is 1. The molecule has 0 saturated carbocycles. The number of sulfonamides is 1. The van der Waals surface area contributed by atoms with Gasteiger partial charge in [0, 0.05) is 25.1 Å². The lowest BCUT2D eigenvalue weighted by Gasteiger charge is -2.28. The summed E-state index contributed by atoms with van der Waals surface area (Å²) in [7, 11) is -3.81. The highest BCUT2D eigenvalue weighted by atomic mass is 32.2. The van der Waals surface area contributed by atoms with Crippen LogP contribution in [0.5, 0.6) is 0 Å². The van der Waals surface area contributed by atoms with Crippen molar-refractivity contribution in [3.63, 3.8) is 0 Å². The molecule has 148 valence electrons. The van der Waals surface area contributed by atoms with Crippen LogP contribution < -0.4 is 4.72 Å². The summed E-state index contributed by atoms with van der Waals surface area (Å²) in [5, 5.41) is 13.7. The Kier molecular flexibility index (Phi) is 5.12. The largest absolute Gasteiger partial charge is 0.511 e. The summed E-state index contributed by atoms with van der Waals surface area (Å²) in [5.74, 6) is 0.446. The Balaban J connectivity index is 1.76. The zero-order valence-electron chi connectivity index (χ0n) is 15.8. The number of anilines is 1. The van der Waals surface area contributed by atoms with Gasteiger partial charge in [-0.15, -0.1) is 0 Å². The van der Waals surface area contributed by atoms with Crippen molar-refractivity contribution in [3.8, 4) is 0 Å². The third-order valence-corrected chi connectivity index (χ3v) is 5.62. The van der Waals surface area contributed by atoms with E-state index < -0.39 is 10.0 Å². The highest BCUT2D eigenvalue weighted by molar-refractivity contribution is 7.92. The summed E-state index contributed by atoms with van der Waals surface area (Å²) >= 11 is 0. The molecule has 0 fully saturated rings. The molecule has 1 aromatic heterocycles. The second-order valence-corrected chi connectivity index (χ2v) is 9.16. The van der Waals surface area contributed by atoms with E-state index in [1.165, 1.54) is 36.5 Å². The molecule has 1 aliphatic rings. The van der Waals surface area contributed by atoms with Gasteiger partial charge in [0.1, 0.15) is 11.5 Å². The summed E-state index contributed by atoms with van der Waals surface area (Å²) in [4.78, 5) is 16.4. The molecule has 8 nitrogen and oxygen atoms in total. The summed E-state index contributed by atoms with van der Waals surface area (Å²) in [6.45, 7) is 5.49. The van der Waals surface area contributed by atoms with E-state index in [1.54, 1.807) is 6.92 Å². The SMILES string of the molecule is Cc1cc(NS(=O)(=O)c2ccc(N=CC3=C(O)CC(C)(C)CC3=O)cc2)no1. The van der Waals surface area contributed by atoms with E-state index >= 15 is 0 Å². The molecule has 28 heavy (non-hydrogen) atoms. The maximum Gasteiger partial charge on any atom is 0.263 e. The highest BCUT2D eigenvalue weighted by Gasteiger charge is 2.32. The van der Waals surface area contributed by atoms with Gasteiger partial charge < -0.3 is 9.63 Å². The minimum Gasteiger partial charge on any atom is -0.511 e. The van der Waals surface area contributed by atoms with E-state index in [4.69, 9.17) is 4.52 Å². The topological polar surface area (TPSA) is 122 Å². The van der Waals surface area contributed by atoms with Gasteiger partial charge in [-0.05, 0) is 36.6 Å². The highest BCUT2D eigenvalue weighted by Crippen LogP contribution is 2.35. The first-order valence-electron chi connectivity index (χ1n) is 8.61. The number of hydrogen-bond acceptors (Lipinski definition) is 7. The van der Waals surface area contributed by atoms with Crippen LogP contribution in [0.15, 0.2) is 56.1 Å². The fourth-order valence-corrected chi connectivity index (χ4v) is 3.89. The number of ketones is 1. The van der Waals surface area contributed by atoms with Gasteiger partial charge >= 0.3 is 0 Å². The van der Waals surface area contributed by atoms with Gasteiger partial charge in [-0.1, -0.05) is 19.0 Å². The number of aryl methyl sites for hydroxylation is 1. The van der Waals surface area contributed by atoms with Crippen molar-refractivity contribution in [1.82, 2.24) is 5.16 Å². The van der Waals surface area contributed by atoms with Gasteiger partial charge in [-0.3, -0.25) is 14.5 Å². The number of allylic oxidation sites excluding steroid dienone is 2. The number of aromatic nitrogens is 1. The van der Waals surface area contributed by atoms with E-state index in [0.29, 0.717) is 24.3 Å².